The highest BCUT2D eigenvalue weighted by Gasteiger charge is 2.39. The molecule has 0 spiro atoms. The predicted molar refractivity (Wildman–Crippen MR) is 128 cm³/mol. The molecule has 160 valence electrons. The van der Waals surface area contributed by atoms with E-state index in [1.165, 1.54) is 0 Å². The lowest BCUT2D eigenvalue weighted by atomic mass is 9.85. The Balaban J connectivity index is 1.77. The second-order valence-electron chi connectivity index (χ2n) is 8.31. The predicted octanol–water partition coefficient (Wildman–Crippen LogP) is 6.47. The number of rotatable bonds is 2. The zero-order chi connectivity index (χ0) is 22.2. The van der Waals surface area contributed by atoms with Crippen molar-refractivity contribution in [3.05, 3.63) is 106 Å². The van der Waals surface area contributed by atoms with Crippen LogP contribution >= 0.6 is 11.6 Å². The summed E-state index contributed by atoms with van der Waals surface area (Å²) in [5.74, 6) is -0.0699. The van der Waals surface area contributed by atoms with Gasteiger partial charge in [-0.3, -0.25) is 14.5 Å². The Bertz CT molecular complexity index is 1230. The summed E-state index contributed by atoms with van der Waals surface area (Å²) in [5, 5.41) is 4.10. The minimum Gasteiger partial charge on any atom is -0.357 e. The molecule has 32 heavy (non-hydrogen) atoms. The van der Waals surface area contributed by atoms with Gasteiger partial charge in [0.15, 0.2) is 5.78 Å². The lowest BCUT2D eigenvalue weighted by Gasteiger charge is -2.34. The van der Waals surface area contributed by atoms with E-state index < -0.39 is 6.04 Å². The van der Waals surface area contributed by atoms with Gasteiger partial charge < -0.3 is 5.32 Å². The molecule has 0 bridgehead atoms. The van der Waals surface area contributed by atoms with Crippen LogP contribution < -0.4 is 10.2 Å². The van der Waals surface area contributed by atoms with Gasteiger partial charge in [-0.1, -0.05) is 53.6 Å². The third kappa shape index (κ3) is 3.61. The molecule has 0 aromatic heterocycles. The van der Waals surface area contributed by atoms with Crippen LogP contribution in [-0.4, -0.2) is 11.7 Å². The molecule has 1 amide bonds. The number of amides is 1. The Morgan fingerprint density at radius 3 is 2.44 bits per heavy atom. The molecule has 5 rings (SSSR count). The molecule has 0 radical (unpaired) electrons. The van der Waals surface area contributed by atoms with Crippen molar-refractivity contribution in [2.45, 2.75) is 32.2 Å². The Kier molecular flexibility index (Phi) is 5.32. The summed E-state index contributed by atoms with van der Waals surface area (Å²) in [5.41, 5.74) is 5.66. The zero-order valence-electron chi connectivity index (χ0n) is 17.8. The molecule has 0 saturated heterocycles. The Hall–Kier alpha value is -3.37. The van der Waals surface area contributed by atoms with E-state index in [9.17, 15) is 9.59 Å². The summed E-state index contributed by atoms with van der Waals surface area (Å²) >= 11 is 6.17. The highest BCUT2D eigenvalue weighted by Crippen LogP contribution is 2.45. The van der Waals surface area contributed by atoms with Crippen molar-refractivity contribution in [3.63, 3.8) is 0 Å². The number of hydrogen-bond acceptors (Lipinski definition) is 3. The van der Waals surface area contributed by atoms with Crippen molar-refractivity contribution in [1.29, 1.82) is 0 Å². The minimum atomic E-state index is -0.542. The van der Waals surface area contributed by atoms with Gasteiger partial charge in [-0.05, 0) is 61.7 Å². The first kappa shape index (κ1) is 20.5. The summed E-state index contributed by atoms with van der Waals surface area (Å²) in [4.78, 5) is 29.0. The highest BCUT2D eigenvalue weighted by atomic mass is 35.5. The van der Waals surface area contributed by atoms with E-state index in [4.69, 9.17) is 11.6 Å². The molecule has 1 aliphatic carbocycles. The van der Waals surface area contributed by atoms with Crippen molar-refractivity contribution in [3.8, 4) is 0 Å². The van der Waals surface area contributed by atoms with E-state index in [0.29, 0.717) is 22.6 Å². The molecule has 2 aliphatic rings. The van der Waals surface area contributed by atoms with E-state index in [2.05, 4.69) is 5.32 Å². The number of ketones is 1. The van der Waals surface area contributed by atoms with Crippen LogP contribution in [0, 0.1) is 6.92 Å². The van der Waals surface area contributed by atoms with Gasteiger partial charge in [-0.25, -0.2) is 0 Å². The maximum absolute atomic E-state index is 14.0. The van der Waals surface area contributed by atoms with Gasteiger partial charge in [0.1, 0.15) is 0 Å². The Labute approximate surface area is 192 Å². The molecule has 4 nitrogen and oxygen atoms in total. The third-order valence-corrected chi connectivity index (χ3v) is 6.39. The number of halogens is 1. The number of allylic oxidation sites excluding steroid dienone is 1. The first-order valence-corrected chi connectivity index (χ1v) is 11.2. The van der Waals surface area contributed by atoms with Gasteiger partial charge >= 0.3 is 0 Å². The largest absolute Gasteiger partial charge is 0.357 e. The Morgan fingerprint density at radius 1 is 0.969 bits per heavy atom. The SMILES string of the molecule is Cc1ccc(C(=O)N2c3ccccc3NC3=C(C(=O)CCC3)[C@H]2c2ccc(Cl)cc2)cc1. The monoisotopic (exact) mass is 442 g/mol. The summed E-state index contributed by atoms with van der Waals surface area (Å²) < 4.78 is 0. The van der Waals surface area contributed by atoms with Gasteiger partial charge in [0.2, 0.25) is 0 Å². The third-order valence-electron chi connectivity index (χ3n) is 6.14. The average molecular weight is 443 g/mol. The first-order valence-electron chi connectivity index (χ1n) is 10.8. The zero-order valence-corrected chi connectivity index (χ0v) is 18.5. The first-order chi connectivity index (χ1) is 15.5. The van der Waals surface area contributed by atoms with Crippen LogP contribution in [0.3, 0.4) is 0 Å². The van der Waals surface area contributed by atoms with E-state index in [-0.39, 0.29) is 11.7 Å². The fourth-order valence-corrected chi connectivity index (χ4v) is 4.68. The van der Waals surface area contributed by atoms with Crippen LogP contribution in [0.2, 0.25) is 5.02 Å². The summed E-state index contributed by atoms with van der Waals surface area (Å²) in [7, 11) is 0. The van der Waals surface area contributed by atoms with Crippen LogP contribution in [0.1, 0.15) is 46.8 Å². The number of carbonyl (C=O) groups excluding carboxylic acids is 2. The van der Waals surface area contributed by atoms with Gasteiger partial charge in [0.05, 0.1) is 17.4 Å². The summed E-state index contributed by atoms with van der Waals surface area (Å²) in [6.45, 7) is 1.99. The van der Waals surface area contributed by atoms with Gasteiger partial charge in [-0.2, -0.15) is 0 Å². The van der Waals surface area contributed by atoms with Crippen LogP contribution in [-0.2, 0) is 4.79 Å². The second-order valence-corrected chi connectivity index (χ2v) is 8.74. The van der Waals surface area contributed by atoms with Crippen LogP contribution in [0.5, 0.6) is 0 Å². The molecule has 3 aromatic rings. The standard InChI is InChI=1S/C27H23ClN2O2/c1-17-9-11-19(12-10-17)27(32)30-23-7-3-2-5-21(23)29-22-6-4-8-24(31)25(22)26(30)18-13-15-20(28)16-14-18/h2-3,5,7,9-16,26,29H,4,6,8H2,1H3/t26-/m1/s1. The normalized spacial score (nSPS) is 17.9. The number of aryl methyl sites for hydroxylation is 1. The van der Waals surface area contributed by atoms with Crippen LogP contribution in [0.15, 0.2) is 84.1 Å². The fraction of sp³-hybridized carbons (Fsp3) is 0.185. The van der Waals surface area contributed by atoms with Gasteiger partial charge in [0, 0.05) is 28.3 Å². The topological polar surface area (TPSA) is 49.4 Å². The maximum atomic E-state index is 14.0. The molecular formula is C27H23ClN2O2. The van der Waals surface area contributed by atoms with E-state index >= 15 is 0 Å². The molecule has 1 N–H and O–H groups in total. The number of para-hydroxylation sites is 2. The van der Waals surface area contributed by atoms with Crippen LogP contribution in [0.4, 0.5) is 11.4 Å². The molecule has 0 saturated carbocycles. The fourth-order valence-electron chi connectivity index (χ4n) is 4.55. The molecule has 1 heterocycles. The summed E-state index contributed by atoms with van der Waals surface area (Å²) in [6.07, 6.45) is 2.05. The number of anilines is 2. The lowest BCUT2D eigenvalue weighted by molar-refractivity contribution is -0.116. The molecular weight excluding hydrogens is 420 g/mol. The molecule has 1 aliphatic heterocycles. The van der Waals surface area contributed by atoms with Crippen LogP contribution in [0.25, 0.3) is 0 Å². The quantitative estimate of drug-likeness (QED) is 0.494. The maximum Gasteiger partial charge on any atom is 0.259 e. The average Bonchev–Trinajstić information content (AvgIpc) is 2.95. The molecule has 0 fully saturated rings. The van der Waals surface area contributed by atoms with Crippen molar-refractivity contribution in [1.82, 2.24) is 0 Å². The number of fused-ring (bicyclic) bond motifs is 1. The molecule has 1 atom stereocenters. The van der Waals surface area contributed by atoms with Gasteiger partial charge in [-0.15, -0.1) is 0 Å². The van der Waals surface area contributed by atoms with E-state index in [0.717, 1.165) is 41.0 Å². The molecule has 5 heteroatoms. The number of hydrogen-bond donors (Lipinski definition) is 1. The minimum absolute atomic E-state index is 0.0770. The second kappa shape index (κ2) is 8.29. The number of carbonyl (C=O) groups is 2. The number of benzene rings is 3. The van der Waals surface area contributed by atoms with E-state index in [1.807, 2.05) is 79.7 Å². The Morgan fingerprint density at radius 2 is 1.69 bits per heavy atom. The summed E-state index contributed by atoms with van der Waals surface area (Å²) in [6, 6.07) is 22.2. The van der Waals surface area contributed by atoms with Crippen molar-refractivity contribution < 1.29 is 9.59 Å². The van der Waals surface area contributed by atoms with Crippen molar-refractivity contribution in [2.75, 3.05) is 10.2 Å². The smallest absolute Gasteiger partial charge is 0.259 e. The number of nitrogens with one attached hydrogen (secondary N) is 1. The highest BCUT2D eigenvalue weighted by molar-refractivity contribution is 6.30. The van der Waals surface area contributed by atoms with Gasteiger partial charge in [0.25, 0.3) is 5.91 Å². The number of nitrogens with zero attached hydrogens (tertiary/aromatic N) is 1. The molecule has 3 aromatic carbocycles. The number of Topliss-reactive ketones (excluding diaryl/α,β-unsaturated/α-hetero) is 1. The van der Waals surface area contributed by atoms with E-state index in [1.54, 1.807) is 4.90 Å². The van der Waals surface area contributed by atoms with Crippen molar-refractivity contribution in [2.24, 2.45) is 0 Å². The lowest BCUT2D eigenvalue weighted by Crippen LogP contribution is -2.38. The van der Waals surface area contributed by atoms with Crippen molar-refractivity contribution >= 4 is 34.7 Å². The molecule has 0 unspecified atom stereocenters.